The molecule has 1 fully saturated rings. The minimum atomic E-state index is 0.506. The molecule has 0 amide bonds. The summed E-state index contributed by atoms with van der Waals surface area (Å²) in [6, 6.07) is 0. The maximum Gasteiger partial charge on any atom is 0.0710 e. The minimum Gasteiger partial charge on any atom is -0.380 e. The van der Waals surface area contributed by atoms with Crippen molar-refractivity contribution in [2.24, 2.45) is 0 Å². The Kier molecular flexibility index (Phi) is 3.87. The van der Waals surface area contributed by atoms with Crippen LogP contribution in [0.2, 0.25) is 0 Å². The van der Waals surface area contributed by atoms with E-state index in [4.69, 9.17) is 4.74 Å². The van der Waals surface area contributed by atoms with E-state index in [1.54, 1.807) is 0 Å². The van der Waals surface area contributed by atoms with E-state index in [1.807, 2.05) is 7.11 Å². The molecule has 0 aliphatic carbocycles. The van der Waals surface area contributed by atoms with Gasteiger partial charge in [0, 0.05) is 20.2 Å². The summed E-state index contributed by atoms with van der Waals surface area (Å²) in [4.78, 5) is 2.50. The highest BCUT2D eigenvalue weighted by atomic mass is 16.5. The lowest BCUT2D eigenvalue weighted by atomic mass is 10.3. The Bertz CT molecular complexity index is 106. The summed E-state index contributed by atoms with van der Waals surface area (Å²) in [5.41, 5.74) is 0. The molecule has 0 aromatic rings. The van der Waals surface area contributed by atoms with E-state index in [0.717, 1.165) is 6.54 Å². The van der Waals surface area contributed by atoms with Crippen LogP contribution in [0.15, 0.2) is 0 Å². The van der Waals surface area contributed by atoms with E-state index in [1.165, 1.54) is 32.4 Å². The molecular formula is C9H19NO. The molecular weight excluding hydrogens is 138 g/mol. The van der Waals surface area contributed by atoms with Crippen LogP contribution < -0.4 is 0 Å². The second kappa shape index (κ2) is 4.73. The van der Waals surface area contributed by atoms with E-state index in [9.17, 15) is 0 Å². The molecule has 1 atom stereocenters. The Morgan fingerprint density at radius 3 is 2.91 bits per heavy atom. The third-order valence-electron chi connectivity index (χ3n) is 2.39. The second-order valence-electron chi connectivity index (χ2n) is 3.30. The number of methoxy groups -OCH3 is 1. The van der Waals surface area contributed by atoms with Crippen molar-refractivity contribution in [3.05, 3.63) is 0 Å². The molecule has 0 N–H and O–H groups in total. The number of nitrogens with zero attached hydrogens (tertiary/aromatic N) is 1. The van der Waals surface area contributed by atoms with Crippen molar-refractivity contribution < 1.29 is 4.74 Å². The first-order chi connectivity index (χ1) is 5.36. The smallest absolute Gasteiger partial charge is 0.0710 e. The summed E-state index contributed by atoms with van der Waals surface area (Å²) in [5.74, 6) is 0. The molecule has 0 spiro atoms. The van der Waals surface area contributed by atoms with E-state index < -0.39 is 0 Å². The van der Waals surface area contributed by atoms with E-state index >= 15 is 0 Å². The van der Waals surface area contributed by atoms with Crippen LogP contribution in [0.3, 0.4) is 0 Å². The van der Waals surface area contributed by atoms with Gasteiger partial charge in [0.1, 0.15) is 0 Å². The maximum absolute atomic E-state index is 5.28. The summed E-state index contributed by atoms with van der Waals surface area (Å²) < 4.78 is 5.28. The van der Waals surface area contributed by atoms with Gasteiger partial charge in [-0.25, -0.2) is 0 Å². The number of hydrogen-bond acceptors (Lipinski definition) is 2. The molecule has 0 unspecified atom stereocenters. The van der Waals surface area contributed by atoms with E-state index in [-0.39, 0.29) is 0 Å². The van der Waals surface area contributed by atoms with Gasteiger partial charge in [0.15, 0.2) is 0 Å². The molecule has 0 bridgehead atoms. The Morgan fingerprint density at radius 1 is 1.55 bits per heavy atom. The molecule has 11 heavy (non-hydrogen) atoms. The predicted molar refractivity (Wildman–Crippen MR) is 46.8 cm³/mol. The molecule has 1 heterocycles. The zero-order valence-electron chi connectivity index (χ0n) is 7.68. The molecule has 66 valence electrons. The lowest BCUT2D eigenvalue weighted by molar-refractivity contribution is 0.108. The van der Waals surface area contributed by atoms with Crippen LogP contribution >= 0.6 is 0 Å². The lowest BCUT2D eigenvalue weighted by Gasteiger charge is -2.14. The number of unbranched alkanes of at least 4 members (excludes halogenated alkanes) is 1. The monoisotopic (exact) mass is 157 g/mol. The number of likely N-dealkylation sites (tertiary alicyclic amines) is 1. The van der Waals surface area contributed by atoms with Crippen molar-refractivity contribution in [2.75, 3.05) is 26.7 Å². The topological polar surface area (TPSA) is 12.5 Å². The Morgan fingerprint density at radius 2 is 2.36 bits per heavy atom. The van der Waals surface area contributed by atoms with Gasteiger partial charge in [-0.15, -0.1) is 0 Å². The molecule has 2 heteroatoms. The van der Waals surface area contributed by atoms with Crippen molar-refractivity contribution in [3.8, 4) is 0 Å². The van der Waals surface area contributed by atoms with Crippen LogP contribution in [0.1, 0.15) is 26.2 Å². The van der Waals surface area contributed by atoms with Gasteiger partial charge in [-0.05, 0) is 19.4 Å². The standard InChI is InChI=1S/C9H19NO/c1-3-4-6-10-7-5-9(8-10)11-2/h9H,3-8H2,1-2H3/t9-/m1/s1. The summed E-state index contributed by atoms with van der Waals surface area (Å²) >= 11 is 0. The molecule has 1 saturated heterocycles. The van der Waals surface area contributed by atoms with Crippen molar-refractivity contribution in [2.45, 2.75) is 32.3 Å². The van der Waals surface area contributed by atoms with Crippen molar-refractivity contribution >= 4 is 0 Å². The van der Waals surface area contributed by atoms with Crippen LogP contribution in [0.25, 0.3) is 0 Å². The van der Waals surface area contributed by atoms with Gasteiger partial charge in [-0.1, -0.05) is 13.3 Å². The number of hydrogen-bond donors (Lipinski definition) is 0. The molecule has 0 aromatic carbocycles. The Hall–Kier alpha value is -0.0800. The quantitative estimate of drug-likeness (QED) is 0.613. The first-order valence-electron chi connectivity index (χ1n) is 4.62. The van der Waals surface area contributed by atoms with Gasteiger partial charge in [0.05, 0.1) is 6.10 Å². The van der Waals surface area contributed by atoms with Crippen molar-refractivity contribution in [3.63, 3.8) is 0 Å². The number of ether oxygens (including phenoxy) is 1. The van der Waals surface area contributed by atoms with Crippen molar-refractivity contribution in [1.82, 2.24) is 4.90 Å². The number of rotatable bonds is 4. The maximum atomic E-state index is 5.28. The van der Waals surface area contributed by atoms with Crippen LogP contribution in [-0.2, 0) is 4.74 Å². The molecule has 0 radical (unpaired) electrons. The van der Waals surface area contributed by atoms with Gasteiger partial charge >= 0.3 is 0 Å². The molecule has 0 aromatic heterocycles. The molecule has 1 aliphatic rings. The summed E-state index contributed by atoms with van der Waals surface area (Å²) in [5, 5.41) is 0. The zero-order valence-corrected chi connectivity index (χ0v) is 7.68. The molecule has 0 saturated carbocycles. The summed E-state index contributed by atoms with van der Waals surface area (Å²) in [7, 11) is 1.81. The lowest BCUT2D eigenvalue weighted by Crippen LogP contribution is -2.23. The van der Waals surface area contributed by atoms with E-state index in [2.05, 4.69) is 11.8 Å². The second-order valence-corrected chi connectivity index (χ2v) is 3.30. The predicted octanol–water partition coefficient (Wildman–Crippen LogP) is 1.51. The van der Waals surface area contributed by atoms with Gasteiger partial charge in [0.25, 0.3) is 0 Å². The largest absolute Gasteiger partial charge is 0.380 e. The Labute approximate surface area is 69.5 Å². The Balaban J connectivity index is 2.09. The first-order valence-corrected chi connectivity index (χ1v) is 4.62. The average molecular weight is 157 g/mol. The van der Waals surface area contributed by atoms with Gasteiger partial charge in [-0.2, -0.15) is 0 Å². The summed E-state index contributed by atoms with van der Waals surface area (Å²) in [6.07, 6.45) is 4.36. The van der Waals surface area contributed by atoms with Gasteiger partial charge in [0.2, 0.25) is 0 Å². The highest BCUT2D eigenvalue weighted by Crippen LogP contribution is 2.11. The van der Waals surface area contributed by atoms with Crippen LogP contribution in [0.5, 0.6) is 0 Å². The van der Waals surface area contributed by atoms with E-state index in [0.29, 0.717) is 6.10 Å². The minimum absolute atomic E-state index is 0.506. The fraction of sp³-hybridized carbons (Fsp3) is 1.00. The zero-order chi connectivity index (χ0) is 8.10. The van der Waals surface area contributed by atoms with Crippen LogP contribution in [-0.4, -0.2) is 37.7 Å². The average Bonchev–Trinajstić information content (AvgIpc) is 2.48. The third kappa shape index (κ3) is 2.80. The van der Waals surface area contributed by atoms with Crippen LogP contribution in [0.4, 0.5) is 0 Å². The van der Waals surface area contributed by atoms with Gasteiger partial charge < -0.3 is 9.64 Å². The first kappa shape index (κ1) is 9.01. The SMILES string of the molecule is CCCCN1CC[C@@H](OC)C1. The third-order valence-corrected chi connectivity index (χ3v) is 2.39. The fourth-order valence-corrected chi connectivity index (χ4v) is 1.57. The fourth-order valence-electron chi connectivity index (χ4n) is 1.57. The molecule has 2 nitrogen and oxygen atoms in total. The highest BCUT2D eigenvalue weighted by molar-refractivity contribution is 4.74. The highest BCUT2D eigenvalue weighted by Gasteiger charge is 2.20. The normalized spacial score (nSPS) is 26.2. The van der Waals surface area contributed by atoms with Crippen molar-refractivity contribution in [1.29, 1.82) is 0 Å². The van der Waals surface area contributed by atoms with Gasteiger partial charge in [-0.3, -0.25) is 0 Å². The van der Waals surface area contributed by atoms with Crippen LogP contribution in [0, 0.1) is 0 Å². The molecule has 1 aliphatic heterocycles. The summed E-state index contributed by atoms with van der Waals surface area (Å²) in [6.45, 7) is 5.88. The molecule has 1 rings (SSSR count).